The lowest BCUT2D eigenvalue weighted by atomic mass is 9.96. The van der Waals surface area contributed by atoms with Crippen LogP contribution < -0.4 is 5.32 Å². The molecule has 0 radical (unpaired) electrons. The Bertz CT molecular complexity index is 1720. The topological polar surface area (TPSA) is 250 Å². The first-order chi connectivity index (χ1) is 27.8. The summed E-state index contributed by atoms with van der Waals surface area (Å²) in [5, 5.41) is 2.93. The van der Waals surface area contributed by atoms with Gasteiger partial charge in [-0.3, -0.25) is 38.4 Å². The molecule has 0 spiro atoms. The summed E-state index contributed by atoms with van der Waals surface area (Å²) in [4.78, 5) is 98.7. The number of rotatable bonds is 18. The van der Waals surface area contributed by atoms with Crippen molar-refractivity contribution in [1.82, 2.24) is 0 Å². The molecule has 0 saturated carbocycles. The molecule has 2 saturated heterocycles. The van der Waals surface area contributed by atoms with Crippen molar-refractivity contribution < 1.29 is 90.5 Å². The molecule has 2 aliphatic heterocycles. The number of ether oxygens (including phenoxy) is 11. The Morgan fingerprint density at radius 1 is 0.644 bits per heavy atom. The van der Waals surface area contributed by atoms with Gasteiger partial charge in [0.1, 0.15) is 31.5 Å². The third-order valence-corrected chi connectivity index (χ3v) is 8.51. The van der Waals surface area contributed by atoms with Crippen LogP contribution in [0.15, 0.2) is 30.9 Å². The summed E-state index contributed by atoms with van der Waals surface area (Å²) in [7, 11) is 0. The van der Waals surface area contributed by atoms with Gasteiger partial charge in [0, 0.05) is 54.9 Å². The van der Waals surface area contributed by atoms with E-state index in [-0.39, 0.29) is 29.6 Å². The maximum absolute atomic E-state index is 12.7. The van der Waals surface area contributed by atoms with E-state index in [4.69, 9.17) is 63.7 Å². The molecule has 3 rings (SSSR count). The summed E-state index contributed by atoms with van der Waals surface area (Å²) >= 11 is 6.32. The predicted octanol–water partition coefficient (Wildman–Crippen LogP) is 2.38. The third-order valence-electron chi connectivity index (χ3n) is 8.18. The largest absolute Gasteiger partial charge is 0.463 e. The monoisotopic (exact) mass is 857 g/mol. The van der Waals surface area contributed by atoms with E-state index < -0.39 is 116 Å². The van der Waals surface area contributed by atoms with Crippen LogP contribution in [-0.2, 0) is 97.1 Å². The minimum Gasteiger partial charge on any atom is -0.463 e. The van der Waals surface area contributed by atoms with Crippen LogP contribution in [-0.4, -0.2) is 122 Å². The molecule has 0 aliphatic carbocycles. The van der Waals surface area contributed by atoms with E-state index in [0.717, 1.165) is 48.5 Å². The first-order valence-electron chi connectivity index (χ1n) is 18.2. The van der Waals surface area contributed by atoms with Gasteiger partial charge in [-0.2, -0.15) is 0 Å². The van der Waals surface area contributed by atoms with Gasteiger partial charge in [0.15, 0.2) is 43.1 Å². The summed E-state index contributed by atoms with van der Waals surface area (Å²) in [5.74, 6) is -6.39. The van der Waals surface area contributed by atoms with Gasteiger partial charge < -0.3 is 57.4 Å². The average molecular weight is 858 g/mol. The lowest BCUT2D eigenvalue weighted by Gasteiger charge is -2.48. The van der Waals surface area contributed by atoms with Crippen molar-refractivity contribution in [3.63, 3.8) is 0 Å². The van der Waals surface area contributed by atoms with Gasteiger partial charge in [-0.05, 0) is 24.1 Å². The van der Waals surface area contributed by atoms with Crippen LogP contribution in [0.3, 0.4) is 0 Å². The van der Waals surface area contributed by atoms with Crippen LogP contribution >= 0.6 is 11.6 Å². The van der Waals surface area contributed by atoms with Crippen LogP contribution in [0.25, 0.3) is 0 Å². The lowest BCUT2D eigenvalue weighted by molar-refractivity contribution is -0.362. The number of esters is 7. The van der Waals surface area contributed by atoms with Crippen LogP contribution in [0, 0.1) is 0 Å². The van der Waals surface area contributed by atoms with Gasteiger partial charge in [-0.25, -0.2) is 0 Å². The van der Waals surface area contributed by atoms with Crippen LogP contribution in [0.5, 0.6) is 0 Å². The summed E-state index contributed by atoms with van der Waals surface area (Å²) in [6.45, 7) is 9.51. The van der Waals surface area contributed by atoms with Crippen molar-refractivity contribution in [3.05, 3.63) is 41.4 Å². The van der Waals surface area contributed by atoms with E-state index >= 15 is 0 Å². The molecule has 20 nitrogen and oxygen atoms in total. The number of hydrogen-bond donors (Lipinski definition) is 1. The maximum Gasteiger partial charge on any atom is 0.303 e. The van der Waals surface area contributed by atoms with E-state index in [1.54, 1.807) is 12.1 Å². The molecule has 1 aromatic rings. The minimum atomic E-state index is -1.84. The van der Waals surface area contributed by atoms with E-state index in [1.165, 1.54) is 12.1 Å². The minimum absolute atomic E-state index is 0.155. The SMILES string of the molecule is C=CCCC(=O)Nc1cc(CO[C@@H]2O[C@H](COC(C)=O)[C@@H](O[C@@H]3O[C@H](COC(C)=O)[C@@H](OC(C)=O)[C@H](OC(C)=O)[C@H]3OC(C)=O)[C@H](OC(C)=O)[C@H]2OC(C)=O)ccc1Cl. The van der Waals surface area contributed by atoms with Crippen LogP contribution in [0.1, 0.15) is 66.9 Å². The Hall–Kier alpha value is -5.15. The number of nitrogens with one attached hydrogen (secondary N) is 1. The van der Waals surface area contributed by atoms with Gasteiger partial charge in [0.05, 0.1) is 17.3 Å². The number of carbonyl (C=O) groups is 8. The second-order valence-electron chi connectivity index (χ2n) is 13.2. The highest BCUT2D eigenvalue weighted by molar-refractivity contribution is 6.33. The molecule has 326 valence electrons. The van der Waals surface area contributed by atoms with E-state index in [2.05, 4.69) is 11.9 Å². The first kappa shape index (κ1) is 48.2. The zero-order chi connectivity index (χ0) is 44.0. The average Bonchev–Trinajstić information content (AvgIpc) is 3.12. The Morgan fingerprint density at radius 2 is 1.10 bits per heavy atom. The fraction of sp³-hybridized carbons (Fsp3) is 0.579. The highest BCUT2D eigenvalue weighted by Crippen LogP contribution is 2.36. The molecular weight excluding hydrogens is 810 g/mol. The molecule has 21 heteroatoms. The van der Waals surface area contributed by atoms with Crippen molar-refractivity contribution in [2.45, 2.75) is 129 Å². The number of allylic oxidation sites excluding steroid dienone is 1. The van der Waals surface area contributed by atoms with Gasteiger partial charge >= 0.3 is 41.8 Å². The van der Waals surface area contributed by atoms with Crippen molar-refractivity contribution >= 4 is 65.0 Å². The summed E-state index contributed by atoms with van der Waals surface area (Å²) in [6, 6.07) is 4.63. The molecule has 2 aliphatic rings. The molecule has 2 fully saturated rings. The normalized spacial score (nSPS) is 26.2. The number of hydrogen-bond acceptors (Lipinski definition) is 19. The number of halogens is 1. The standard InChI is InChI=1S/C38H48ClNO19/c1-9-10-11-30(48)40-27-14-25(12-13-26(27)39)15-51-37-35(55-23(7)46)34(54-22(6)45)32(29(57-37)17-50-19(3)42)59-38-36(56-24(8)47)33(53-21(5)44)31(52-20(4)43)28(58-38)16-49-18(2)41/h9,12-14,28-29,31-38H,1,10-11,15-17H2,2-8H3,(H,40,48)/t28-,29-,31-,32-,33+,34+,35-,36-,37-,38+/m1/s1. The molecule has 1 N–H and O–H groups in total. The summed E-state index contributed by atoms with van der Waals surface area (Å²) in [6.07, 6.45) is -14.0. The zero-order valence-electron chi connectivity index (χ0n) is 33.5. The third kappa shape index (κ3) is 15.2. The van der Waals surface area contributed by atoms with Crippen molar-refractivity contribution in [2.24, 2.45) is 0 Å². The van der Waals surface area contributed by atoms with E-state index in [0.29, 0.717) is 12.0 Å². The highest BCUT2D eigenvalue weighted by atomic mass is 35.5. The number of amides is 1. The lowest BCUT2D eigenvalue weighted by Crippen LogP contribution is -2.67. The van der Waals surface area contributed by atoms with E-state index in [1.807, 2.05) is 0 Å². The molecule has 59 heavy (non-hydrogen) atoms. The molecule has 1 aromatic carbocycles. The van der Waals surface area contributed by atoms with Gasteiger partial charge in [0.25, 0.3) is 0 Å². The van der Waals surface area contributed by atoms with Crippen LogP contribution in [0.2, 0.25) is 5.02 Å². The Labute approximate surface area is 344 Å². The summed E-state index contributed by atoms with van der Waals surface area (Å²) < 4.78 is 62.8. The molecule has 0 aromatic heterocycles. The second-order valence-corrected chi connectivity index (χ2v) is 13.6. The van der Waals surface area contributed by atoms with Gasteiger partial charge in [-0.15, -0.1) is 6.58 Å². The maximum atomic E-state index is 12.7. The Kier molecular flexibility index (Phi) is 18.7. The molecule has 0 unspecified atom stereocenters. The smallest absolute Gasteiger partial charge is 0.303 e. The highest BCUT2D eigenvalue weighted by Gasteiger charge is 2.57. The second kappa shape index (κ2) is 22.9. The number of benzene rings is 1. The van der Waals surface area contributed by atoms with Gasteiger partial charge in [0.2, 0.25) is 5.91 Å². The molecule has 2 heterocycles. The molecule has 10 atom stereocenters. The zero-order valence-corrected chi connectivity index (χ0v) is 34.2. The first-order valence-corrected chi connectivity index (χ1v) is 18.6. The Balaban J connectivity index is 2.11. The fourth-order valence-corrected chi connectivity index (χ4v) is 6.15. The predicted molar refractivity (Wildman–Crippen MR) is 198 cm³/mol. The number of anilines is 1. The van der Waals surface area contributed by atoms with Crippen molar-refractivity contribution in [1.29, 1.82) is 0 Å². The quantitative estimate of drug-likeness (QED) is 0.126. The fourth-order valence-electron chi connectivity index (χ4n) is 5.99. The van der Waals surface area contributed by atoms with Crippen molar-refractivity contribution in [3.8, 4) is 0 Å². The van der Waals surface area contributed by atoms with E-state index in [9.17, 15) is 38.4 Å². The van der Waals surface area contributed by atoms with Gasteiger partial charge in [-0.1, -0.05) is 23.7 Å². The molecular formula is C38H48ClNO19. The van der Waals surface area contributed by atoms with Crippen molar-refractivity contribution in [2.75, 3.05) is 18.5 Å². The Morgan fingerprint density at radius 3 is 1.61 bits per heavy atom. The summed E-state index contributed by atoms with van der Waals surface area (Å²) in [5.41, 5.74) is 0.724. The van der Waals surface area contributed by atoms with Crippen LogP contribution in [0.4, 0.5) is 5.69 Å². The number of carbonyl (C=O) groups excluding carboxylic acids is 8. The molecule has 0 bridgehead atoms. The molecule has 1 amide bonds.